The maximum atomic E-state index is 12.7. The molecule has 0 fully saturated rings. The van der Waals surface area contributed by atoms with E-state index in [1.54, 1.807) is 19.2 Å². The maximum Gasteiger partial charge on any atom is 0.123 e. The molecule has 78 valence electrons. The first-order chi connectivity index (χ1) is 6.62. The molecule has 0 radical (unpaired) electrons. The highest BCUT2D eigenvalue weighted by Gasteiger charge is 2.24. The van der Waals surface area contributed by atoms with Gasteiger partial charge >= 0.3 is 0 Å². The molecular formula is C11H16FNO. The molecule has 1 unspecified atom stereocenters. The third-order valence-corrected chi connectivity index (χ3v) is 2.45. The van der Waals surface area contributed by atoms with E-state index in [4.69, 9.17) is 10.5 Å². The summed E-state index contributed by atoms with van der Waals surface area (Å²) in [7, 11) is 1.61. The van der Waals surface area contributed by atoms with E-state index in [9.17, 15) is 4.39 Å². The van der Waals surface area contributed by atoms with Gasteiger partial charge in [0.05, 0.1) is 12.1 Å². The van der Waals surface area contributed by atoms with Crippen molar-refractivity contribution in [2.24, 2.45) is 5.73 Å². The Morgan fingerprint density at radius 1 is 1.36 bits per heavy atom. The number of rotatable bonds is 4. The first kappa shape index (κ1) is 11.1. The topological polar surface area (TPSA) is 35.2 Å². The molecule has 0 bridgehead atoms. The summed E-state index contributed by atoms with van der Waals surface area (Å²) in [4.78, 5) is 0. The molecule has 3 heteroatoms. The Balaban J connectivity index is 2.94. The van der Waals surface area contributed by atoms with Crippen LogP contribution in [0.15, 0.2) is 24.3 Å². The zero-order valence-corrected chi connectivity index (χ0v) is 8.59. The molecule has 0 saturated carbocycles. The van der Waals surface area contributed by atoms with Crippen LogP contribution in [0.3, 0.4) is 0 Å². The summed E-state index contributed by atoms with van der Waals surface area (Å²) in [6.07, 6.45) is 0.756. The molecule has 0 aliphatic rings. The molecule has 0 heterocycles. The fourth-order valence-corrected chi connectivity index (χ4v) is 1.43. The van der Waals surface area contributed by atoms with Gasteiger partial charge in [-0.2, -0.15) is 0 Å². The highest BCUT2D eigenvalue weighted by Crippen LogP contribution is 2.22. The summed E-state index contributed by atoms with van der Waals surface area (Å²) in [6, 6.07) is 6.25. The van der Waals surface area contributed by atoms with Gasteiger partial charge in [-0.25, -0.2) is 4.39 Å². The van der Waals surface area contributed by atoms with Gasteiger partial charge in [0.15, 0.2) is 0 Å². The van der Waals surface area contributed by atoms with Crippen LogP contribution in [-0.4, -0.2) is 13.7 Å². The number of benzene rings is 1. The van der Waals surface area contributed by atoms with Gasteiger partial charge < -0.3 is 10.5 Å². The van der Waals surface area contributed by atoms with Crippen molar-refractivity contribution in [3.05, 3.63) is 35.6 Å². The Bertz CT molecular complexity index is 286. The van der Waals surface area contributed by atoms with Gasteiger partial charge in [-0.15, -0.1) is 0 Å². The first-order valence-electron chi connectivity index (χ1n) is 4.66. The Morgan fingerprint density at radius 2 is 1.93 bits per heavy atom. The molecule has 1 atom stereocenters. The molecule has 0 spiro atoms. The Hall–Kier alpha value is -0.930. The lowest BCUT2D eigenvalue weighted by atomic mass is 9.89. The van der Waals surface area contributed by atoms with Crippen LogP contribution in [0.25, 0.3) is 0 Å². The van der Waals surface area contributed by atoms with Crippen LogP contribution in [-0.2, 0) is 10.3 Å². The summed E-state index contributed by atoms with van der Waals surface area (Å²) in [6.45, 7) is 2.43. The van der Waals surface area contributed by atoms with Gasteiger partial charge in [0, 0.05) is 7.11 Å². The van der Waals surface area contributed by atoms with Gasteiger partial charge in [0.1, 0.15) is 5.82 Å². The summed E-state index contributed by atoms with van der Waals surface area (Å²) < 4.78 is 17.8. The van der Waals surface area contributed by atoms with Crippen LogP contribution in [0.2, 0.25) is 0 Å². The van der Waals surface area contributed by atoms with Crippen molar-refractivity contribution in [2.75, 3.05) is 13.7 Å². The van der Waals surface area contributed by atoms with Gasteiger partial charge in [-0.3, -0.25) is 0 Å². The van der Waals surface area contributed by atoms with Crippen molar-refractivity contribution in [1.82, 2.24) is 0 Å². The van der Waals surface area contributed by atoms with Crippen molar-refractivity contribution < 1.29 is 9.13 Å². The number of ether oxygens (including phenoxy) is 1. The third kappa shape index (κ3) is 2.30. The largest absolute Gasteiger partial charge is 0.382 e. The molecule has 2 N–H and O–H groups in total. The molecule has 14 heavy (non-hydrogen) atoms. The van der Waals surface area contributed by atoms with Gasteiger partial charge in [0.2, 0.25) is 0 Å². The number of methoxy groups -OCH3 is 1. The summed E-state index contributed by atoms with van der Waals surface area (Å²) >= 11 is 0. The smallest absolute Gasteiger partial charge is 0.123 e. The predicted octanol–water partition coefficient (Wildman–Crippen LogP) is 2.04. The number of nitrogens with two attached hydrogens (primary N) is 1. The number of hydrogen-bond acceptors (Lipinski definition) is 2. The molecule has 1 aromatic carbocycles. The van der Waals surface area contributed by atoms with Crippen molar-refractivity contribution in [1.29, 1.82) is 0 Å². The minimum Gasteiger partial charge on any atom is -0.382 e. The lowest BCUT2D eigenvalue weighted by Crippen LogP contribution is -2.40. The molecular weight excluding hydrogens is 181 g/mol. The molecule has 0 amide bonds. The van der Waals surface area contributed by atoms with Gasteiger partial charge in [-0.1, -0.05) is 19.1 Å². The summed E-state index contributed by atoms with van der Waals surface area (Å²) in [5.74, 6) is -0.246. The Morgan fingerprint density at radius 3 is 2.36 bits per heavy atom. The van der Waals surface area contributed by atoms with E-state index < -0.39 is 5.54 Å². The lowest BCUT2D eigenvalue weighted by Gasteiger charge is -2.27. The van der Waals surface area contributed by atoms with E-state index in [1.165, 1.54) is 12.1 Å². The van der Waals surface area contributed by atoms with Crippen molar-refractivity contribution in [3.8, 4) is 0 Å². The van der Waals surface area contributed by atoms with Crippen molar-refractivity contribution in [3.63, 3.8) is 0 Å². The predicted molar refractivity (Wildman–Crippen MR) is 54.4 cm³/mol. The number of halogens is 1. The van der Waals surface area contributed by atoms with E-state index in [-0.39, 0.29) is 5.82 Å². The standard InChI is InChI=1S/C11H16FNO/c1-3-11(13,8-14-2)9-4-6-10(12)7-5-9/h4-7H,3,8,13H2,1-2H3. The van der Waals surface area contributed by atoms with Crippen LogP contribution in [0.4, 0.5) is 4.39 Å². The van der Waals surface area contributed by atoms with Crippen LogP contribution >= 0.6 is 0 Å². The highest BCUT2D eigenvalue weighted by molar-refractivity contribution is 5.24. The fourth-order valence-electron chi connectivity index (χ4n) is 1.43. The van der Waals surface area contributed by atoms with Crippen LogP contribution in [0, 0.1) is 5.82 Å². The van der Waals surface area contributed by atoms with Crippen molar-refractivity contribution >= 4 is 0 Å². The highest BCUT2D eigenvalue weighted by atomic mass is 19.1. The second kappa shape index (κ2) is 4.53. The molecule has 0 aliphatic carbocycles. The van der Waals surface area contributed by atoms with E-state index in [0.29, 0.717) is 6.61 Å². The Kier molecular flexibility index (Phi) is 3.61. The first-order valence-corrected chi connectivity index (χ1v) is 4.66. The Labute approximate surface area is 83.9 Å². The average Bonchev–Trinajstić information content (AvgIpc) is 2.19. The number of hydrogen-bond donors (Lipinski definition) is 1. The quantitative estimate of drug-likeness (QED) is 0.801. The normalized spacial score (nSPS) is 15.1. The molecule has 0 aromatic heterocycles. The zero-order valence-electron chi connectivity index (χ0n) is 8.59. The van der Waals surface area contributed by atoms with Crippen molar-refractivity contribution in [2.45, 2.75) is 18.9 Å². The molecule has 2 nitrogen and oxygen atoms in total. The molecule has 1 rings (SSSR count). The fraction of sp³-hybridized carbons (Fsp3) is 0.455. The van der Waals surface area contributed by atoms with E-state index in [0.717, 1.165) is 12.0 Å². The minimum absolute atomic E-state index is 0.246. The third-order valence-electron chi connectivity index (χ3n) is 2.45. The van der Waals surface area contributed by atoms with Gasteiger partial charge in [0.25, 0.3) is 0 Å². The second-order valence-corrected chi connectivity index (χ2v) is 3.45. The van der Waals surface area contributed by atoms with E-state index in [2.05, 4.69) is 0 Å². The SMILES string of the molecule is CCC(N)(COC)c1ccc(F)cc1. The second-order valence-electron chi connectivity index (χ2n) is 3.45. The lowest BCUT2D eigenvalue weighted by molar-refractivity contribution is 0.129. The monoisotopic (exact) mass is 197 g/mol. The summed E-state index contributed by atoms with van der Waals surface area (Å²) in [5.41, 5.74) is 6.53. The molecule has 1 aromatic rings. The molecule has 0 saturated heterocycles. The summed E-state index contributed by atoms with van der Waals surface area (Å²) in [5, 5.41) is 0. The maximum absolute atomic E-state index is 12.7. The van der Waals surface area contributed by atoms with Crippen LogP contribution < -0.4 is 5.73 Å². The van der Waals surface area contributed by atoms with Crippen LogP contribution in [0.1, 0.15) is 18.9 Å². The molecule has 0 aliphatic heterocycles. The average molecular weight is 197 g/mol. The zero-order chi connectivity index (χ0) is 10.6. The van der Waals surface area contributed by atoms with E-state index in [1.807, 2.05) is 6.92 Å². The van der Waals surface area contributed by atoms with Crippen LogP contribution in [0.5, 0.6) is 0 Å². The van der Waals surface area contributed by atoms with E-state index >= 15 is 0 Å². The van der Waals surface area contributed by atoms with Gasteiger partial charge in [-0.05, 0) is 24.1 Å². The minimum atomic E-state index is -0.511.